The van der Waals surface area contributed by atoms with Gasteiger partial charge in [-0.2, -0.15) is 21.9 Å². The fourth-order valence-electron chi connectivity index (χ4n) is 3.12. The van der Waals surface area contributed by atoms with Crippen molar-refractivity contribution in [3.8, 4) is 5.75 Å². The second-order valence-electron chi connectivity index (χ2n) is 6.45. The van der Waals surface area contributed by atoms with Crippen LogP contribution in [0.1, 0.15) is 0 Å². The zero-order chi connectivity index (χ0) is 22.4. The lowest BCUT2D eigenvalue weighted by atomic mass is 10.1. The van der Waals surface area contributed by atoms with Crippen molar-refractivity contribution in [1.82, 2.24) is 4.98 Å². The average molecular weight is 459 g/mol. The van der Waals surface area contributed by atoms with E-state index in [-0.39, 0.29) is 33.4 Å². The Bertz CT molecular complexity index is 1600. The number of pyridine rings is 1. The minimum absolute atomic E-state index is 0.0303. The molecule has 0 unspecified atom stereocenters. The van der Waals surface area contributed by atoms with Gasteiger partial charge in [-0.25, -0.2) is 0 Å². The molecule has 4 aromatic rings. The minimum Gasteiger partial charge on any atom is -0.504 e. The highest BCUT2D eigenvalue weighted by molar-refractivity contribution is 7.86. The number of aromatic nitrogens is 1. The van der Waals surface area contributed by atoms with Gasteiger partial charge in [0.15, 0.2) is 5.75 Å². The fourth-order valence-corrected chi connectivity index (χ4v) is 4.54. The van der Waals surface area contributed by atoms with Crippen molar-refractivity contribution in [2.75, 3.05) is 0 Å². The predicted octanol–water partition coefficient (Wildman–Crippen LogP) is 4.00. The van der Waals surface area contributed by atoms with Gasteiger partial charge in [0.2, 0.25) is 0 Å². The van der Waals surface area contributed by atoms with Crippen molar-refractivity contribution in [2.45, 2.75) is 9.79 Å². The number of fused-ring (bicyclic) bond motifs is 2. The van der Waals surface area contributed by atoms with E-state index in [0.29, 0.717) is 5.39 Å². The molecule has 31 heavy (non-hydrogen) atoms. The second kappa shape index (κ2) is 7.35. The summed E-state index contributed by atoms with van der Waals surface area (Å²) in [6, 6.07) is 12.3. The summed E-state index contributed by atoms with van der Waals surface area (Å²) in [5, 5.41) is 18.5. The molecular formula is C19H13N3O7S2. The molecule has 158 valence electrons. The summed E-state index contributed by atoms with van der Waals surface area (Å²) in [7, 11) is -9.48. The van der Waals surface area contributed by atoms with Crippen LogP contribution in [0.4, 0.5) is 11.4 Å². The number of nitrogens with zero attached hydrogens (tertiary/aromatic N) is 3. The Morgan fingerprint density at radius 1 is 0.774 bits per heavy atom. The van der Waals surface area contributed by atoms with E-state index < -0.39 is 30.0 Å². The number of rotatable bonds is 4. The van der Waals surface area contributed by atoms with Crippen molar-refractivity contribution in [1.29, 1.82) is 0 Å². The van der Waals surface area contributed by atoms with Gasteiger partial charge >= 0.3 is 0 Å². The molecule has 0 aliphatic heterocycles. The maximum Gasteiger partial charge on any atom is 0.295 e. The van der Waals surface area contributed by atoms with Gasteiger partial charge in [0, 0.05) is 22.4 Å². The van der Waals surface area contributed by atoms with Crippen molar-refractivity contribution in [3.05, 3.63) is 60.8 Å². The first-order valence-electron chi connectivity index (χ1n) is 8.56. The molecule has 0 spiro atoms. The standard InChI is InChI=1S/C19H13N3O7S2/c23-19-15(7-6-11-3-2-8-20-18(11)19)22-21-12-9-14-13(17(10-12)31(27,28)29)4-1-5-16(14)30(24,25)26/h1-10,23H,(H,24,25,26)(H,27,28,29). The highest BCUT2D eigenvalue weighted by Crippen LogP contribution is 2.36. The summed E-state index contributed by atoms with van der Waals surface area (Å²) >= 11 is 0. The number of phenols is 1. The fraction of sp³-hybridized carbons (Fsp3) is 0. The summed E-state index contributed by atoms with van der Waals surface area (Å²) in [5.41, 5.74) is 0.171. The van der Waals surface area contributed by atoms with Crippen LogP contribution in [0.3, 0.4) is 0 Å². The van der Waals surface area contributed by atoms with E-state index in [1.807, 2.05) is 0 Å². The quantitative estimate of drug-likeness (QED) is 0.304. The molecule has 0 fully saturated rings. The molecule has 0 saturated heterocycles. The number of aromatic hydroxyl groups is 1. The van der Waals surface area contributed by atoms with Gasteiger partial charge in [0.05, 0.1) is 5.69 Å². The molecule has 4 rings (SSSR count). The van der Waals surface area contributed by atoms with Gasteiger partial charge in [-0.05, 0) is 30.3 Å². The van der Waals surface area contributed by atoms with E-state index in [1.165, 1.54) is 30.5 Å². The Kier molecular flexibility index (Phi) is 4.94. The van der Waals surface area contributed by atoms with Gasteiger partial charge < -0.3 is 5.11 Å². The molecule has 0 radical (unpaired) electrons. The summed E-state index contributed by atoms with van der Waals surface area (Å²) in [5.74, 6) is -0.253. The lowest BCUT2D eigenvalue weighted by Gasteiger charge is -2.09. The number of benzene rings is 3. The molecule has 0 bridgehead atoms. The van der Waals surface area contributed by atoms with Crippen molar-refractivity contribution < 1.29 is 31.0 Å². The van der Waals surface area contributed by atoms with Crippen molar-refractivity contribution in [2.24, 2.45) is 10.2 Å². The number of hydrogen-bond acceptors (Lipinski definition) is 8. The summed E-state index contributed by atoms with van der Waals surface area (Å²) in [6.45, 7) is 0. The molecule has 12 heteroatoms. The zero-order valence-electron chi connectivity index (χ0n) is 15.4. The molecule has 0 aliphatic rings. The van der Waals surface area contributed by atoms with Crippen molar-refractivity contribution >= 4 is 53.3 Å². The summed E-state index contributed by atoms with van der Waals surface area (Å²) < 4.78 is 66.2. The first-order chi connectivity index (χ1) is 14.6. The van der Waals surface area contributed by atoms with Crippen LogP contribution in [-0.4, -0.2) is 36.0 Å². The number of azo groups is 1. The Hall–Kier alpha value is -3.45. The van der Waals surface area contributed by atoms with Gasteiger partial charge in [-0.3, -0.25) is 14.1 Å². The number of hydrogen-bond donors (Lipinski definition) is 3. The Morgan fingerprint density at radius 3 is 2.23 bits per heavy atom. The van der Waals surface area contributed by atoms with E-state index >= 15 is 0 Å². The molecule has 0 aliphatic carbocycles. The van der Waals surface area contributed by atoms with E-state index in [2.05, 4.69) is 15.2 Å². The van der Waals surface area contributed by atoms with Gasteiger partial charge in [0.25, 0.3) is 20.2 Å². The maximum absolute atomic E-state index is 11.9. The smallest absolute Gasteiger partial charge is 0.295 e. The maximum atomic E-state index is 11.9. The molecule has 1 aromatic heterocycles. The molecule has 10 nitrogen and oxygen atoms in total. The van der Waals surface area contributed by atoms with E-state index in [9.17, 15) is 31.0 Å². The molecule has 3 N–H and O–H groups in total. The number of phenolic OH excluding ortho intramolecular Hbond substituents is 1. The molecule has 0 atom stereocenters. The molecule has 3 aromatic carbocycles. The van der Waals surface area contributed by atoms with Crippen LogP contribution in [-0.2, 0) is 20.2 Å². The van der Waals surface area contributed by atoms with Gasteiger partial charge in [-0.15, -0.1) is 5.11 Å². The predicted molar refractivity (Wildman–Crippen MR) is 111 cm³/mol. The summed E-state index contributed by atoms with van der Waals surface area (Å²) in [4.78, 5) is 2.88. The van der Waals surface area contributed by atoms with Crippen molar-refractivity contribution in [3.63, 3.8) is 0 Å². The van der Waals surface area contributed by atoms with Crippen LogP contribution < -0.4 is 0 Å². The highest BCUT2D eigenvalue weighted by atomic mass is 32.2. The first-order valence-corrected chi connectivity index (χ1v) is 11.4. The molecule has 0 amide bonds. The van der Waals surface area contributed by atoms with E-state index in [0.717, 1.165) is 12.1 Å². The third-order valence-corrected chi connectivity index (χ3v) is 6.26. The van der Waals surface area contributed by atoms with E-state index in [4.69, 9.17) is 0 Å². The zero-order valence-corrected chi connectivity index (χ0v) is 17.0. The first kappa shape index (κ1) is 20.8. The summed E-state index contributed by atoms with van der Waals surface area (Å²) in [6.07, 6.45) is 1.49. The minimum atomic E-state index is -4.77. The molecule has 0 saturated carbocycles. The lowest BCUT2D eigenvalue weighted by molar-refractivity contribution is 0.481. The Balaban J connectivity index is 1.93. The average Bonchev–Trinajstić information content (AvgIpc) is 2.71. The lowest BCUT2D eigenvalue weighted by Crippen LogP contribution is -2.03. The second-order valence-corrected chi connectivity index (χ2v) is 9.23. The van der Waals surface area contributed by atoms with Crippen LogP contribution in [0.5, 0.6) is 5.75 Å². The third kappa shape index (κ3) is 3.96. The van der Waals surface area contributed by atoms with Crippen LogP contribution in [0.15, 0.2) is 80.8 Å². The Labute approximate surface area is 176 Å². The van der Waals surface area contributed by atoms with Crippen LogP contribution in [0, 0.1) is 0 Å². The monoisotopic (exact) mass is 459 g/mol. The normalized spacial score (nSPS) is 12.7. The van der Waals surface area contributed by atoms with Gasteiger partial charge in [0.1, 0.15) is 21.0 Å². The third-order valence-electron chi connectivity index (χ3n) is 4.46. The van der Waals surface area contributed by atoms with E-state index in [1.54, 1.807) is 18.2 Å². The Morgan fingerprint density at radius 2 is 1.52 bits per heavy atom. The van der Waals surface area contributed by atoms with Crippen LogP contribution in [0.25, 0.3) is 21.7 Å². The molecular weight excluding hydrogens is 446 g/mol. The highest BCUT2D eigenvalue weighted by Gasteiger charge is 2.21. The van der Waals surface area contributed by atoms with Crippen LogP contribution >= 0.6 is 0 Å². The topological polar surface area (TPSA) is 167 Å². The SMILES string of the molecule is O=S(=O)(O)c1cc(N=Nc2ccc3cccnc3c2O)cc2c(S(=O)(=O)O)cccc12. The van der Waals surface area contributed by atoms with Crippen LogP contribution in [0.2, 0.25) is 0 Å². The van der Waals surface area contributed by atoms with Gasteiger partial charge in [-0.1, -0.05) is 24.3 Å². The largest absolute Gasteiger partial charge is 0.504 e. The molecule has 1 heterocycles.